The van der Waals surface area contributed by atoms with Gasteiger partial charge in [0.1, 0.15) is 5.82 Å². The maximum absolute atomic E-state index is 12.6. The summed E-state index contributed by atoms with van der Waals surface area (Å²) in [5, 5.41) is 5.00. The minimum absolute atomic E-state index is 0.290. The molecule has 1 rings (SSSR count). The largest absolute Gasteiger partial charge is 0.348 e. The lowest BCUT2D eigenvalue weighted by atomic mass is 10.1. The van der Waals surface area contributed by atoms with Crippen LogP contribution in [0.3, 0.4) is 0 Å². The van der Waals surface area contributed by atoms with Gasteiger partial charge >= 0.3 is 11.8 Å². The van der Waals surface area contributed by atoms with Crippen molar-refractivity contribution in [1.29, 1.82) is 0 Å². The molecule has 0 aliphatic heterocycles. The zero-order valence-corrected chi connectivity index (χ0v) is 10.3. The van der Waals surface area contributed by atoms with Gasteiger partial charge in [-0.25, -0.2) is 4.39 Å². The second-order valence-electron chi connectivity index (χ2n) is 3.89. The Bertz CT molecular complexity index is 404. The fourth-order valence-corrected chi connectivity index (χ4v) is 1.37. The van der Waals surface area contributed by atoms with Gasteiger partial charge in [0, 0.05) is 13.1 Å². The summed E-state index contributed by atoms with van der Waals surface area (Å²) in [6.07, 6.45) is 1.35. The summed E-state index contributed by atoms with van der Waals surface area (Å²) >= 11 is 0. The number of hydrogen-bond acceptors (Lipinski definition) is 2. The van der Waals surface area contributed by atoms with E-state index in [0.717, 1.165) is 12.0 Å². The van der Waals surface area contributed by atoms with Gasteiger partial charge in [-0.3, -0.25) is 9.59 Å². The monoisotopic (exact) mass is 252 g/mol. The second kappa shape index (κ2) is 7.42. The van der Waals surface area contributed by atoms with E-state index in [2.05, 4.69) is 10.6 Å². The fourth-order valence-electron chi connectivity index (χ4n) is 1.37. The van der Waals surface area contributed by atoms with Gasteiger partial charge in [-0.2, -0.15) is 0 Å². The molecule has 0 atom stereocenters. The summed E-state index contributed by atoms with van der Waals surface area (Å²) in [6, 6.07) is 6.04. The van der Waals surface area contributed by atoms with E-state index in [-0.39, 0.29) is 5.82 Å². The smallest absolute Gasteiger partial charge is 0.309 e. The topological polar surface area (TPSA) is 58.2 Å². The first-order valence-electron chi connectivity index (χ1n) is 5.94. The van der Waals surface area contributed by atoms with E-state index in [4.69, 9.17) is 0 Å². The number of halogens is 1. The van der Waals surface area contributed by atoms with Crippen LogP contribution in [0.1, 0.15) is 18.9 Å². The Morgan fingerprint density at radius 2 is 1.61 bits per heavy atom. The third kappa shape index (κ3) is 4.95. The summed E-state index contributed by atoms with van der Waals surface area (Å²) in [7, 11) is 0. The molecular formula is C13H17FN2O2. The fraction of sp³-hybridized carbons (Fsp3) is 0.385. The summed E-state index contributed by atoms with van der Waals surface area (Å²) < 4.78 is 12.6. The molecule has 0 bridgehead atoms. The zero-order chi connectivity index (χ0) is 13.4. The minimum atomic E-state index is -0.634. The molecule has 0 aliphatic rings. The molecule has 5 heteroatoms. The van der Waals surface area contributed by atoms with E-state index in [0.29, 0.717) is 19.5 Å². The van der Waals surface area contributed by atoms with Crippen LogP contribution in [0.15, 0.2) is 24.3 Å². The molecule has 0 saturated carbocycles. The summed E-state index contributed by atoms with van der Waals surface area (Å²) in [6.45, 7) is 2.75. The van der Waals surface area contributed by atoms with Gasteiger partial charge in [0.25, 0.3) is 0 Å². The molecule has 1 aromatic carbocycles. The average Bonchev–Trinajstić information content (AvgIpc) is 2.38. The minimum Gasteiger partial charge on any atom is -0.348 e. The van der Waals surface area contributed by atoms with Crippen LogP contribution >= 0.6 is 0 Å². The van der Waals surface area contributed by atoms with Gasteiger partial charge in [0.2, 0.25) is 0 Å². The first-order chi connectivity index (χ1) is 8.63. The zero-order valence-electron chi connectivity index (χ0n) is 10.3. The molecule has 0 radical (unpaired) electrons. The lowest BCUT2D eigenvalue weighted by Gasteiger charge is -2.05. The van der Waals surface area contributed by atoms with Crippen molar-refractivity contribution >= 4 is 11.8 Å². The molecule has 0 saturated heterocycles. The Hall–Kier alpha value is -1.91. The van der Waals surface area contributed by atoms with Gasteiger partial charge in [0.05, 0.1) is 0 Å². The molecule has 0 heterocycles. The van der Waals surface area contributed by atoms with Crippen molar-refractivity contribution in [1.82, 2.24) is 10.6 Å². The van der Waals surface area contributed by atoms with Gasteiger partial charge in [-0.15, -0.1) is 0 Å². The Morgan fingerprint density at radius 1 is 1.06 bits per heavy atom. The van der Waals surface area contributed by atoms with E-state index >= 15 is 0 Å². The third-order valence-electron chi connectivity index (χ3n) is 2.35. The highest BCUT2D eigenvalue weighted by Gasteiger charge is 2.11. The van der Waals surface area contributed by atoms with E-state index in [1.807, 2.05) is 6.92 Å². The molecular weight excluding hydrogens is 235 g/mol. The highest BCUT2D eigenvalue weighted by atomic mass is 19.1. The molecule has 2 amide bonds. The molecule has 2 N–H and O–H groups in total. The van der Waals surface area contributed by atoms with Crippen LogP contribution in [0, 0.1) is 5.82 Å². The maximum Gasteiger partial charge on any atom is 0.309 e. The summed E-state index contributed by atoms with van der Waals surface area (Å²) in [5.74, 6) is -1.54. The third-order valence-corrected chi connectivity index (χ3v) is 2.35. The molecule has 0 unspecified atom stereocenters. The maximum atomic E-state index is 12.6. The number of nitrogens with one attached hydrogen (secondary N) is 2. The average molecular weight is 252 g/mol. The van der Waals surface area contributed by atoms with Crippen molar-refractivity contribution in [2.45, 2.75) is 19.8 Å². The van der Waals surface area contributed by atoms with Gasteiger partial charge < -0.3 is 10.6 Å². The van der Waals surface area contributed by atoms with Crippen LogP contribution in [-0.2, 0) is 16.0 Å². The van der Waals surface area contributed by atoms with Gasteiger partial charge in [-0.1, -0.05) is 19.1 Å². The van der Waals surface area contributed by atoms with Crippen LogP contribution in [-0.4, -0.2) is 24.9 Å². The SMILES string of the molecule is CCCNC(=O)C(=O)NCCc1ccc(F)cc1. The highest BCUT2D eigenvalue weighted by Crippen LogP contribution is 2.02. The molecule has 1 aromatic rings. The van der Waals surface area contributed by atoms with E-state index in [9.17, 15) is 14.0 Å². The molecule has 0 aromatic heterocycles. The Kier molecular flexibility index (Phi) is 5.84. The van der Waals surface area contributed by atoms with Crippen molar-refractivity contribution in [3.05, 3.63) is 35.6 Å². The van der Waals surface area contributed by atoms with E-state index < -0.39 is 11.8 Å². The van der Waals surface area contributed by atoms with Crippen LogP contribution in [0.5, 0.6) is 0 Å². The molecule has 4 nitrogen and oxygen atoms in total. The normalized spacial score (nSPS) is 9.89. The Labute approximate surface area is 106 Å². The van der Waals surface area contributed by atoms with Crippen molar-refractivity contribution in [2.24, 2.45) is 0 Å². The van der Waals surface area contributed by atoms with Crippen LogP contribution in [0.2, 0.25) is 0 Å². The molecule has 18 heavy (non-hydrogen) atoms. The van der Waals surface area contributed by atoms with Crippen molar-refractivity contribution in [2.75, 3.05) is 13.1 Å². The van der Waals surface area contributed by atoms with Crippen molar-refractivity contribution in [3.8, 4) is 0 Å². The standard InChI is InChI=1S/C13H17FN2O2/c1-2-8-15-12(17)13(18)16-9-7-10-3-5-11(14)6-4-10/h3-6H,2,7-9H2,1H3,(H,15,17)(H,16,18). The number of amides is 2. The summed E-state index contributed by atoms with van der Waals surface area (Å²) in [4.78, 5) is 22.5. The van der Waals surface area contributed by atoms with E-state index in [1.54, 1.807) is 12.1 Å². The predicted molar refractivity (Wildman–Crippen MR) is 66.4 cm³/mol. The van der Waals surface area contributed by atoms with Crippen molar-refractivity contribution < 1.29 is 14.0 Å². The quantitative estimate of drug-likeness (QED) is 0.768. The number of hydrogen-bond donors (Lipinski definition) is 2. The lowest BCUT2D eigenvalue weighted by molar-refractivity contribution is -0.139. The predicted octanol–water partition coefficient (Wildman–Crippen LogP) is 1.01. The number of carbonyl (C=O) groups is 2. The van der Waals surface area contributed by atoms with Crippen LogP contribution in [0.4, 0.5) is 4.39 Å². The Balaban J connectivity index is 2.27. The first-order valence-corrected chi connectivity index (χ1v) is 5.94. The Morgan fingerprint density at radius 3 is 2.17 bits per heavy atom. The van der Waals surface area contributed by atoms with Gasteiger partial charge in [0.15, 0.2) is 0 Å². The number of carbonyl (C=O) groups excluding carboxylic acids is 2. The number of benzene rings is 1. The summed E-state index contributed by atoms with van der Waals surface area (Å²) in [5.41, 5.74) is 0.908. The van der Waals surface area contributed by atoms with E-state index in [1.165, 1.54) is 12.1 Å². The van der Waals surface area contributed by atoms with Crippen LogP contribution in [0.25, 0.3) is 0 Å². The molecule has 0 spiro atoms. The lowest BCUT2D eigenvalue weighted by Crippen LogP contribution is -2.40. The highest BCUT2D eigenvalue weighted by molar-refractivity contribution is 6.35. The molecule has 0 aliphatic carbocycles. The first kappa shape index (κ1) is 14.2. The van der Waals surface area contributed by atoms with Gasteiger partial charge in [-0.05, 0) is 30.5 Å². The second-order valence-corrected chi connectivity index (χ2v) is 3.89. The molecule has 98 valence electrons. The van der Waals surface area contributed by atoms with Crippen LogP contribution < -0.4 is 10.6 Å². The number of rotatable bonds is 5. The van der Waals surface area contributed by atoms with Crippen molar-refractivity contribution in [3.63, 3.8) is 0 Å². The molecule has 0 fully saturated rings.